The minimum atomic E-state index is -0.623. The second-order valence-electron chi connectivity index (χ2n) is 4.69. The Hall–Kier alpha value is -1.32. The Morgan fingerprint density at radius 2 is 1.84 bits per heavy atom. The van der Waals surface area contributed by atoms with Crippen molar-refractivity contribution < 1.29 is 9.84 Å². The highest BCUT2D eigenvalue weighted by Gasteiger charge is 2.14. The summed E-state index contributed by atoms with van der Waals surface area (Å²) in [5, 5.41) is 10.5. The standard InChI is InChI=1S/C16H17BrO2/c1-10-6-12(9-13(17)7-10)16(18)15-5-4-14(19-3)8-11(15)2/h4-9,16,18H,1-3H3. The third kappa shape index (κ3) is 3.17. The Bertz CT molecular complexity index is 573. The van der Waals surface area contributed by atoms with Gasteiger partial charge in [-0.25, -0.2) is 0 Å². The fourth-order valence-corrected chi connectivity index (χ4v) is 2.81. The maximum atomic E-state index is 10.5. The average Bonchev–Trinajstić information content (AvgIpc) is 2.36. The number of hydrogen-bond donors (Lipinski definition) is 1. The molecule has 2 aromatic carbocycles. The lowest BCUT2D eigenvalue weighted by Crippen LogP contribution is -2.03. The number of rotatable bonds is 3. The maximum absolute atomic E-state index is 10.5. The fraction of sp³-hybridized carbons (Fsp3) is 0.250. The van der Waals surface area contributed by atoms with Crippen molar-refractivity contribution in [3.63, 3.8) is 0 Å². The van der Waals surface area contributed by atoms with Crippen LogP contribution in [0.15, 0.2) is 40.9 Å². The zero-order chi connectivity index (χ0) is 14.0. The summed E-state index contributed by atoms with van der Waals surface area (Å²) in [5.74, 6) is 0.805. The van der Waals surface area contributed by atoms with Gasteiger partial charge in [0.1, 0.15) is 11.9 Å². The predicted molar refractivity (Wildman–Crippen MR) is 80.7 cm³/mol. The molecule has 0 radical (unpaired) electrons. The summed E-state index contributed by atoms with van der Waals surface area (Å²) >= 11 is 3.46. The van der Waals surface area contributed by atoms with Gasteiger partial charge in [0.15, 0.2) is 0 Å². The highest BCUT2D eigenvalue weighted by atomic mass is 79.9. The van der Waals surface area contributed by atoms with Gasteiger partial charge in [0.25, 0.3) is 0 Å². The molecule has 100 valence electrons. The van der Waals surface area contributed by atoms with Crippen molar-refractivity contribution in [2.45, 2.75) is 20.0 Å². The number of aliphatic hydroxyl groups is 1. The normalized spacial score (nSPS) is 12.3. The van der Waals surface area contributed by atoms with Gasteiger partial charge in [-0.15, -0.1) is 0 Å². The Kier molecular flexibility index (Phi) is 4.27. The first-order valence-electron chi connectivity index (χ1n) is 6.11. The quantitative estimate of drug-likeness (QED) is 0.920. The molecule has 1 atom stereocenters. The lowest BCUT2D eigenvalue weighted by Gasteiger charge is -2.16. The second kappa shape index (κ2) is 5.76. The number of hydrogen-bond acceptors (Lipinski definition) is 2. The molecular formula is C16H17BrO2. The lowest BCUT2D eigenvalue weighted by atomic mass is 9.96. The van der Waals surface area contributed by atoms with Crippen molar-refractivity contribution in [3.8, 4) is 5.75 Å². The summed E-state index contributed by atoms with van der Waals surface area (Å²) in [5.41, 5.74) is 3.93. The molecule has 2 nitrogen and oxygen atoms in total. The smallest absolute Gasteiger partial charge is 0.119 e. The van der Waals surface area contributed by atoms with E-state index in [1.54, 1.807) is 7.11 Å². The van der Waals surface area contributed by atoms with Gasteiger partial charge in [-0.05, 0) is 60.4 Å². The third-order valence-electron chi connectivity index (χ3n) is 3.15. The van der Waals surface area contributed by atoms with Gasteiger partial charge in [-0.1, -0.05) is 28.1 Å². The average molecular weight is 321 g/mol. The van der Waals surface area contributed by atoms with Gasteiger partial charge in [0.05, 0.1) is 7.11 Å². The van der Waals surface area contributed by atoms with Crippen molar-refractivity contribution >= 4 is 15.9 Å². The molecule has 0 heterocycles. The van der Waals surface area contributed by atoms with Gasteiger partial charge < -0.3 is 9.84 Å². The molecule has 0 aromatic heterocycles. The summed E-state index contributed by atoms with van der Waals surface area (Å²) < 4.78 is 6.16. The van der Waals surface area contributed by atoms with Gasteiger partial charge in [0, 0.05) is 4.47 Å². The molecule has 1 N–H and O–H groups in total. The van der Waals surface area contributed by atoms with E-state index in [0.29, 0.717) is 0 Å². The van der Waals surface area contributed by atoms with Crippen molar-refractivity contribution in [1.82, 2.24) is 0 Å². The summed E-state index contributed by atoms with van der Waals surface area (Å²) in [7, 11) is 1.64. The Balaban J connectivity index is 2.40. The van der Waals surface area contributed by atoms with E-state index in [2.05, 4.69) is 15.9 Å². The molecule has 0 aliphatic carbocycles. The summed E-state index contributed by atoms with van der Waals surface area (Å²) in [6.07, 6.45) is -0.623. The highest BCUT2D eigenvalue weighted by molar-refractivity contribution is 9.10. The van der Waals surface area contributed by atoms with Gasteiger partial charge in [0.2, 0.25) is 0 Å². The van der Waals surface area contributed by atoms with Gasteiger partial charge in [-0.2, -0.15) is 0 Å². The molecular weight excluding hydrogens is 304 g/mol. The zero-order valence-electron chi connectivity index (χ0n) is 11.3. The van der Waals surface area contributed by atoms with Crippen LogP contribution in [0.25, 0.3) is 0 Å². The van der Waals surface area contributed by atoms with Crippen LogP contribution in [0.5, 0.6) is 5.75 Å². The van der Waals surface area contributed by atoms with Crippen molar-refractivity contribution in [1.29, 1.82) is 0 Å². The largest absolute Gasteiger partial charge is 0.497 e. The van der Waals surface area contributed by atoms with E-state index in [-0.39, 0.29) is 0 Å². The molecule has 0 bridgehead atoms. The van der Waals surface area contributed by atoms with Gasteiger partial charge >= 0.3 is 0 Å². The summed E-state index contributed by atoms with van der Waals surface area (Å²) in [6.45, 7) is 3.99. The number of aryl methyl sites for hydroxylation is 2. The second-order valence-corrected chi connectivity index (χ2v) is 5.60. The summed E-state index contributed by atoms with van der Waals surface area (Å²) in [6, 6.07) is 11.7. The highest BCUT2D eigenvalue weighted by Crippen LogP contribution is 2.29. The van der Waals surface area contributed by atoms with Crippen LogP contribution in [-0.4, -0.2) is 12.2 Å². The fourth-order valence-electron chi connectivity index (χ4n) is 2.18. The van der Waals surface area contributed by atoms with Crippen LogP contribution in [0, 0.1) is 13.8 Å². The molecule has 0 spiro atoms. The first-order chi connectivity index (χ1) is 9.01. The third-order valence-corrected chi connectivity index (χ3v) is 3.61. The molecule has 0 fully saturated rings. The topological polar surface area (TPSA) is 29.5 Å². The Labute approximate surface area is 122 Å². The Morgan fingerprint density at radius 3 is 2.42 bits per heavy atom. The maximum Gasteiger partial charge on any atom is 0.119 e. The molecule has 0 saturated heterocycles. The van der Waals surface area contributed by atoms with E-state index in [1.807, 2.05) is 50.2 Å². The minimum Gasteiger partial charge on any atom is -0.497 e. The SMILES string of the molecule is COc1ccc(C(O)c2cc(C)cc(Br)c2)c(C)c1. The van der Waals surface area contributed by atoms with E-state index in [4.69, 9.17) is 4.74 Å². The van der Waals surface area contributed by atoms with E-state index in [9.17, 15) is 5.11 Å². The van der Waals surface area contributed by atoms with Crippen molar-refractivity contribution in [3.05, 3.63) is 63.1 Å². The summed E-state index contributed by atoms with van der Waals surface area (Å²) in [4.78, 5) is 0. The number of benzene rings is 2. The molecule has 19 heavy (non-hydrogen) atoms. The molecule has 0 saturated carbocycles. The van der Waals surface area contributed by atoms with Crippen LogP contribution in [0.4, 0.5) is 0 Å². The number of halogens is 1. The van der Waals surface area contributed by atoms with Crippen LogP contribution >= 0.6 is 15.9 Å². The molecule has 3 heteroatoms. The zero-order valence-corrected chi connectivity index (χ0v) is 12.9. The molecule has 0 aliphatic heterocycles. The molecule has 2 rings (SSSR count). The molecule has 2 aromatic rings. The molecule has 0 aliphatic rings. The van der Waals surface area contributed by atoms with E-state index in [1.165, 1.54) is 0 Å². The first kappa shape index (κ1) is 14.1. The van der Waals surface area contributed by atoms with Gasteiger partial charge in [-0.3, -0.25) is 0 Å². The molecule has 1 unspecified atom stereocenters. The van der Waals surface area contributed by atoms with E-state index < -0.39 is 6.10 Å². The van der Waals surface area contributed by atoms with E-state index in [0.717, 1.165) is 32.5 Å². The van der Waals surface area contributed by atoms with Crippen molar-refractivity contribution in [2.24, 2.45) is 0 Å². The number of aliphatic hydroxyl groups excluding tert-OH is 1. The lowest BCUT2D eigenvalue weighted by molar-refractivity contribution is 0.219. The van der Waals surface area contributed by atoms with E-state index >= 15 is 0 Å². The van der Waals surface area contributed by atoms with Crippen LogP contribution in [0.2, 0.25) is 0 Å². The van der Waals surface area contributed by atoms with Crippen LogP contribution in [0.3, 0.4) is 0 Å². The monoisotopic (exact) mass is 320 g/mol. The molecule has 0 amide bonds. The van der Waals surface area contributed by atoms with Crippen LogP contribution < -0.4 is 4.74 Å². The Morgan fingerprint density at radius 1 is 1.11 bits per heavy atom. The number of ether oxygens (including phenoxy) is 1. The number of methoxy groups -OCH3 is 1. The van der Waals surface area contributed by atoms with Crippen LogP contribution in [0.1, 0.15) is 28.4 Å². The minimum absolute atomic E-state index is 0.623. The van der Waals surface area contributed by atoms with Crippen molar-refractivity contribution in [2.75, 3.05) is 7.11 Å². The van der Waals surface area contributed by atoms with Crippen LogP contribution in [-0.2, 0) is 0 Å². The predicted octanol–water partition coefficient (Wildman–Crippen LogP) is 4.16. The first-order valence-corrected chi connectivity index (χ1v) is 6.90.